The number of Topliss-reactive ketones (excluding diaryl/α,β-unsaturated/α-hetero) is 1. The van der Waals surface area contributed by atoms with E-state index in [1.54, 1.807) is 37.3 Å². The Morgan fingerprint density at radius 3 is 2.35 bits per heavy atom. The van der Waals surface area contributed by atoms with Crippen LogP contribution in [0.5, 0.6) is 0 Å². The highest BCUT2D eigenvalue weighted by molar-refractivity contribution is 6.00. The van der Waals surface area contributed by atoms with Gasteiger partial charge in [-0.05, 0) is 56.2 Å². The molecule has 1 fully saturated rings. The SMILES string of the molecule is Cc1ccc(Nc2ccc(CNC(=O)C3(CC(=O)c4ccc(N(C)C)nc4)CC3)nc2)c(C(F)(F)F)c1. The van der Waals surface area contributed by atoms with E-state index in [1.165, 1.54) is 18.5 Å². The highest BCUT2D eigenvalue weighted by Gasteiger charge is 2.51. The van der Waals surface area contributed by atoms with E-state index in [1.807, 2.05) is 19.0 Å². The fraction of sp³-hybridized carbons (Fsp3) is 0.333. The van der Waals surface area contributed by atoms with Crippen LogP contribution in [0.3, 0.4) is 0 Å². The van der Waals surface area contributed by atoms with Crippen LogP contribution in [-0.2, 0) is 17.5 Å². The highest BCUT2D eigenvalue weighted by atomic mass is 19.4. The van der Waals surface area contributed by atoms with E-state index in [9.17, 15) is 22.8 Å². The maximum Gasteiger partial charge on any atom is 0.418 e. The monoisotopic (exact) mass is 511 g/mol. The van der Waals surface area contributed by atoms with Gasteiger partial charge in [0.05, 0.1) is 40.8 Å². The maximum atomic E-state index is 13.4. The van der Waals surface area contributed by atoms with Gasteiger partial charge in [0.25, 0.3) is 0 Å². The summed E-state index contributed by atoms with van der Waals surface area (Å²) in [6, 6.07) is 10.8. The molecule has 0 spiro atoms. The third kappa shape index (κ3) is 6.25. The summed E-state index contributed by atoms with van der Waals surface area (Å²) in [7, 11) is 3.72. The van der Waals surface area contributed by atoms with Gasteiger partial charge in [-0.3, -0.25) is 14.6 Å². The van der Waals surface area contributed by atoms with Crippen LogP contribution in [0, 0.1) is 12.3 Å². The Kier molecular flexibility index (Phi) is 7.20. The van der Waals surface area contributed by atoms with Crippen molar-refractivity contribution >= 4 is 28.9 Å². The molecule has 2 N–H and O–H groups in total. The van der Waals surface area contributed by atoms with Gasteiger partial charge in [0, 0.05) is 32.3 Å². The van der Waals surface area contributed by atoms with Gasteiger partial charge >= 0.3 is 6.18 Å². The number of ketones is 1. The summed E-state index contributed by atoms with van der Waals surface area (Å²) in [4.78, 5) is 35.9. The van der Waals surface area contributed by atoms with Crippen molar-refractivity contribution < 1.29 is 22.8 Å². The number of carbonyl (C=O) groups excluding carboxylic acids is 2. The van der Waals surface area contributed by atoms with Crippen LogP contribution in [0.25, 0.3) is 0 Å². The Morgan fingerprint density at radius 2 is 1.78 bits per heavy atom. The standard InChI is InChI=1S/C27H28F3N5O2/c1-17-4-8-22(21(12-17)27(28,29)30)34-20-7-6-19(31-16-20)15-33-25(37)26(10-11-26)13-23(36)18-5-9-24(32-14-18)35(2)3/h4-9,12,14,16,34H,10-11,13,15H2,1-3H3,(H,33,37). The molecule has 1 amide bonds. The van der Waals surface area contributed by atoms with E-state index in [2.05, 4.69) is 20.6 Å². The molecule has 194 valence electrons. The van der Waals surface area contributed by atoms with Gasteiger partial charge < -0.3 is 15.5 Å². The lowest BCUT2D eigenvalue weighted by Gasteiger charge is -2.16. The Bertz CT molecular complexity index is 1280. The number of aryl methyl sites for hydroxylation is 1. The van der Waals surface area contributed by atoms with Gasteiger partial charge in [0.2, 0.25) is 5.91 Å². The van der Waals surface area contributed by atoms with Gasteiger partial charge in [-0.15, -0.1) is 0 Å². The molecule has 3 aromatic rings. The lowest BCUT2D eigenvalue weighted by molar-refractivity contribution is -0.137. The second-order valence-corrected chi connectivity index (χ2v) is 9.57. The lowest BCUT2D eigenvalue weighted by Crippen LogP contribution is -2.33. The minimum atomic E-state index is -4.49. The zero-order valence-corrected chi connectivity index (χ0v) is 20.8. The number of halogens is 3. The average molecular weight is 512 g/mol. The number of aromatic nitrogens is 2. The van der Waals surface area contributed by atoms with Crippen molar-refractivity contribution in [2.75, 3.05) is 24.3 Å². The highest BCUT2D eigenvalue weighted by Crippen LogP contribution is 2.49. The first-order valence-electron chi connectivity index (χ1n) is 11.8. The zero-order chi connectivity index (χ0) is 26.8. The molecule has 1 aliphatic rings. The minimum absolute atomic E-state index is 0.0622. The van der Waals surface area contributed by atoms with Gasteiger partial charge in [-0.1, -0.05) is 11.6 Å². The average Bonchev–Trinajstić information content (AvgIpc) is 3.64. The van der Waals surface area contributed by atoms with Crippen LogP contribution >= 0.6 is 0 Å². The van der Waals surface area contributed by atoms with Crippen LogP contribution in [-0.4, -0.2) is 35.8 Å². The number of pyridine rings is 2. The molecule has 2 aromatic heterocycles. The second-order valence-electron chi connectivity index (χ2n) is 9.57. The second kappa shape index (κ2) is 10.2. The van der Waals surface area contributed by atoms with Gasteiger partial charge in [0.1, 0.15) is 5.82 Å². The third-order valence-electron chi connectivity index (χ3n) is 6.38. The molecule has 2 heterocycles. The molecule has 4 rings (SSSR count). The van der Waals surface area contributed by atoms with E-state index in [0.29, 0.717) is 35.3 Å². The number of benzene rings is 1. The van der Waals surface area contributed by atoms with E-state index in [0.717, 1.165) is 11.9 Å². The van der Waals surface area contributed by atoms with Crippen molar-refractivity contribution in [3.8, 4) is 0 Å². The quantitative estimate of drug-likeness (QED) is 0.380. The number of hydrogen-bond acceptors (Lipinski definition) is 6. The van der Waals surface area contributed by atoms with E-state index < -0.39 is 17.2 Å². The summed E-state index contributed by atoms with van der Waals surface area (Å²) in [5, 5.41) is 5.61. The predicted octanol–water partition coefficient (Wildman–Crippen LogP) is 5.28. The molecule has 0 atom stereocenters. The molecule has 1 aliphatic carbocycles. The molecule has 37 heavy (non-hydrogen) atoms. The maximum absolute atomic E-state index is 13.4. The predicted molar refractivity (Wildman–Crippen MR) is 135 cm³/mol. The van der Waals surface area contributed by atoms with Crippen molar-refractivity contribution in [1.82, 2.24) is 15.3 Å². The van der Waals surface area contributed by atoms with Crippen molar-refractivity contribution in [2.45, 2.75) is 38.9 Å². The van der Waals surface area contributed by atoms with Crippen LogP contribution in [0.4, 0.5) is 30.4 Å². The van der Waals surface area contributed by atoms with Crippen molar-refractivity contribution in [1.29, 1.82) is 0 Å². The zero-order valence-electron chi connectivity index (χ0n) is 20.8. The Hall–Kier alpha value is -3.95. The first kappa shape index (κ1) is 26.1. The normalized spacial score (nSPS) is 14.1. The van der Waals surface area contributed by atoms with Crippen molar-refractivity contribution in [2.24, 2.45) is 5.41 Å². The molecular weight excluding hydrogens is 483 g/mol. The van der Waals surface area contributed by atoms with Crippen LogP contribution in [0.1, 0.15) is 46.4 Å². The molecule has 0 radical (unpaired) electrons. The molecule has 0 unspecified atom stereocenters. The van der Waals surface area contributed by atoms with Crippen LogP contribution in [0.2, 0.25) is 0 Å². The summed E-state index contributed by atoms with van der Waals surface area (Å²) >= 11 is 0. The summed E-state index contributed by atoms with van der Waals surface area (Å²) in [5.74, 6) is 0.398. The Labute approximate surface area is 213 Å². The molecule has 7 nitrogen and oxygen atoms in total. The number of nitrogens with one attached hydrogen (secondary N) is 2. The molecule has 10 heteroatoms. The molecular formula is C27H28F3N5O2. The summed E-state index contributed by atoms with van der Waals surface area (Å²) < 4.78 is 40.1. The molecule has 1 aromatic carbocycles. The number of rotatable bonds is 9. The molecule has 0 saturated heterocycles. The van der Waals surface area contributed by atoms with E-state index in [4.69, 9.17) is 0 Å². The van der Waals surface area contributed by atoms with E-state index >= 15 is 0 Å². The van der Waals surface area contributed by atoms with Crippen LogP contribution in [0.15, 0.2) is 54.9 Å². The van der Waals surface area contributed by atoms with Crippen LogP contribution < -0.4 is 15.5 Å². The Balaban J connectivity index is 1.33. The smallest absolute Gasteiger partial charge is 0.363 e. The lowest BCUT2D eigenvalue weighted by atomic mass is 9.95. The number of carbonyl (C=O) groups is 2. The van der Waals surface area contributed by atoms with Gasteiger partial charge in [0.15, 0.2) is 5.78 Å². The third-order valence-corrected chi connectivity index (χ3v) is 6.38. The first-order valence-corrected chi connectivity index (χ1v) is 11.8. The van der Waals surface area contributed by atoms with E-state index in [-0.39, 0.29) is 30.3 Å². The summed E-state index contributed by atoms with van der Waals surface area (Å²) in [6.07, 6.45) is -0.180. The fourth-order valence-electron chi connectivity index (χ4n) is 3.98. The van der Waals surface area contributed by atoms with Gasteiger partial charge in [-0.25, -0.2) is 4.98 Å². The fourth-order valence-corrected chi connectivity index (χ4v) is 3.98. The number of hydrogen-bond donors (Lipinski definition) is 2. The van der Waals surface area contributed by atoms with Crippen molar-refractivity contribution in [3.63, 3.8) is 0 Å². The number of alkyl halides is 3. The topological polar surface area (TPSA) is 87.2 Å². The van der Waals surface area contributed by atoms with Crippen molar-refractivity contribution in [3.05, 3.63) is 77.2 Å². The largest absolute Gasteiger partial charge is 0.418 e. The first-order chi connectivity index (χ1) is 17.5. The number of amides is 1. The summed E-state index contributed by atoms with van der Waals surface area (Å²) in [5.41, 5.74) is 0.378. The van der Waals surface area contributed by atoms with Gasteiger partial charge in [-0.2, -0.15) is 13.2 Å². The number of anilines is 3. The Morgan fingerprint density at radius 1 is 1.03 bits per heavy atom. The summed E-state index contributed by atoms with van der Waals surface area (Å²) in [6.45, 7) is 1.75. The molecule has 0 bridgehead atoms. The minimum Gasteiger partial charge on any atom is -0.363 e. The number of nitrogens with zero attached hydrogens (tertiary/aromatic N) is 3. The molecule has 1 saturated carbocycles. The molecule has 0 aliphatic heterocycles.